The molecule has 1 fully saturated rings. The Bertz CT molecular complexity index is 937. The number of nitrogens with one attached hydrogen (secondary N) is 1. The highest BCUT2D eigenvalue weighted by molar-refractivity contribution is 5.79. The predicted molar refractivity (Wildman–Crippen MR) is 108 cm³/mol. The van der Waals surface area contributed by atoms with Gasteiger partial charge in [0.1, 0.15) is 11.8 Å². The first kappa shape index (κ1) is 19.5. The van der Waals surface area contributed by atoms with E-state index in [0.717, 1.165) is 49.9 Å². The number of phenols is 1. The Morgan fingerprint density at radius 3 is 2.90 bits per heavy atom. The molecule has 2 heterocycles. The molecule has 152 valence electrons. The largest absolute Gasteiger partial charge is 0.507 e. The summed E-state index contributed by atoms with van der Waals surface area (Å²) in [6.07, 6.45) is 6.58. The van der Waals surface area contributed by atoms with E-state index in [1.807, 2.05) is 35.0 Å². The number of aryl methyl sites for hydroxylation is 1. The molecule has 0 saturated heterocycles. The number of amides is 1. The molecule has 2 N–H and O–H groups in total. The molecule has 1 saturated carbocycles. The van der Waals surface area contributed by atoms with Gasteiger partial charge in [-0.1, -0.05) is 6.07 Å². The van der Waals surface area contributed by atoms with Crippen molar-refractivity contribution in [1.29, 1.82) is 5.26 Å². The molecule has 2 aliphatic rings. The number of aromatic nitrogens is 2. The highest BCUT2D eigenvalue weighted by Gasteiger charge is 2.31. The molecule has 0 unspecified atom stereocenters. The van der Waals surface area contributed by atoms with E-state index in [1.54, 1.807) is 12.1 Å². The summed E-state index contributed by atoms with van der Waals surface area (Å²) in [7, 11) is 1.94. The number of fused-ring (bicyclic) bond motifs is 1. The first-order valence-corrected chi connectivity index (χ1v) is 10.3. The molecular weight excluding hydrogens is 366 g/mol. The van der Waals surface area contributed by atoms with E-state index in [9.17, 15) is 9.90 Å². The van der Waals surface area contributed by atoms with E-state index in [1.165, 1.54) is 5.56 Å². The van der Waals surface area contributed by atoms with Crippen LogP contribution in [0.15, 0.2) is 24.4 Å². The van der Waals surface area contributed by atoms with Gasteiger partial charge in [0.15, 0.2) is 0 Å². The van der Waals surface area contributed by atoms with Crippen LogP contribution in [-0.4, -0.2) is 38.3 Å². The average Bonchev–Trinajstić information content (AvgIpc) is 3.13. The zero-order valence-corrected chi connectivity index (χ0v) is 16.8. The summed E-state index contributed by atoms with van der Waals surface area (Å²) >= 11 is 0. The highest BCUT2D eigenvalue weighted by Crippen LogP contribution is 2.28. The fourth-order valence-corrected chi connectivity index (χ4v) is 4.47. The van der Waals surface area contributed by atoms with E-state index in [-0.39, 0.29) is 17.6 Å². The van der Waals surface area contributed by atoms with Crippen LogP contribution in [0.4, 0.5) is 0 Å². The van der Waals surface area contributed by atoms with Crippen molar-refractivity contribution in [3.63, 3.8) is 0 Å². The van der Waals surface area contributed by atoms with Crippen LogP contribution in [0.3, 0.4) is 0 Å². The Morgan fingerprint density at radius 1 is 1.34 bits per heavy atom. The van der Waals surface area contributed by atoms with Crippen LogP contribution in [-0.2, 0) is 31.4 Å². The van der Waals surface area contributed by atoms with Gasteiger partial charge < -0.3 is 15.3 Å². The quantitative estimate of drug-likeness (QED) is 0.831. The second-order valence-corrected chi connectivity index (χ2v) is 8.14. The van der Waals surface area contributed by atoms with Crippen molar-refractivity contribution in [3.05, 3.63) is 46.8 Å². The molecular formula is C22H27N5O2. The van der Waals surface area contributed by atoms with Gasteiger partial charge in [-0.3, -0.25) is 9.48 Å². The minimum atomic E-state index is 0.0197. The second-order valence-electron chi connectivity index (χ2n) is 8.14. The number of benzene rings is 1. The molecule has 7 nitrogen and oxygen atoms in total. The first-order valence-electron chi connectivity index (χ1n) is 10.3. The van der Waals surface area contributed by atoms with Crippen LogP contribution in [0.2, 0.25) is 0 Å². The summed E-state index contributed by atoms with van der Waals surface area (Å²) in [5, 5.41) is 26.5. The lowest BCUT2D eigenvalue weighted by molar-refractivity contribution is -0.137. The molecule has 1 amide bonds. The molecule has 0 bridgehead atoms. The molecule has 1 aliphatic carbocycles. The van der Waals surface area contributed by atoms with Gasteiger partial charge in [-0.05, 0) is 55.4 Å². The number of nitrogens with zero attached hydrogens (tertiary/aromatic N) is 4. The van der Waals surface area contributed by atoms with Gasteiger partial charge in [0, 0.05) is 32.1 Å². The van der Waals surface area contributed by atoms with Gasteiger partial charge in [0.25, 0.3) is 0 Å². The first-order chi connectivity index (χ1) is 14.0. The molecule has 0 spiro atoms. The molecule has 29 heavy (non-hydrogen) atoms. The zero-order valence-electron chi connectivity index (χ0n) is 16.8. The maximum Gasteiger partial charge on any atom is 0.226 e. The highest BCUT2D eigenvalue weighted by atomic mass is 16.3. The molecule has 0 radical (unpaired) electrons. The normalized spacial score (nSPS) is 21.4. The summed E-state index contributed by atoms with van der Waals surface area (Å²) in [6.45, 7) is 2.12. The molecule has 2 aromatic rings. The van der Waals surface area contributed by atoms with E-state index >= 15 is 0 Å². The Hall–Kier alpha value is -2.85. The summed E-state index contributed by atoms with van der Waals surface area (Å²) in [6, 6.07) is 7.51. The monoisotopic (exact) mass is 393 g/mol. The third-order valence-corrected chi connectivity index (χ3v) is 6.30. The number of aromatic hydroxyl groups is 1. The van der Waals surface area contributed by atoms with Crippen molar-refractivity contribution in [1.82, 2.24) is 20.0 Å². The topological polar surface area (TPSA) is 94.2 Å². The molecule has 7 heteroatoms. The van der Waals surface area contributed by atoms with Crippen LogP contribution in [0.5, 0.6) is 5.75 Å². The number of phenolic OH excluding ortho intramolecular Hbond substituents is 1. The number of rotatable bonds is 4. The lowest BCUT2D eigenvalue weighted by Gasteiger charge is -2.34. The maximum absolute atomic E-state index is 13.0. The van der Waals surface area contributed by atoms with Gasteiger partial charge in [0.2, 0.25) is 5.91 Å². The smallest absolute Gasteiger partial charge is 0.226 e. The van der Waals surface area contributed by atoms with E-state index < -0.39 is 0 Å². The summed E-state index contributed by atoms with van der Waals surface area (Å²) in [5.74, 6) is 0.417. The van der Waals surface area contributed by atoms with E-state index in [2.05, 4.69) is 10.4 Å². The summed E-state index contributed by atoms with van der Waals surface area (Å²) < 4.78 is 1.89. The number of carbonyl (C=O) groups is 1. The number of hydrogen-bond acceptors (Lipinski definition) is 5. The van der Waals surface area contributed by atoms with Crippen LogP contribution in [0.1, 0.15) is 48.1 Å². The van der Waals surface area contributed by atoms with Crippen LogP contribution in [0, 0.1) is 17.2 Å². The van der Waals surface area contributed by atoms with Crippen LogP contribution in [0.25, 0.3) is 0 Å². The Kier molecular flexibility index (Phi) is 5.54. The molecule has 1 aromatic heterocycles. The van der Waals surface area contributed by atoms with E-state index in [0.29, 0.717) is 24.7 Å². The fraction of sp³-hybridized carbons (Fsp3) is 0.500. The minimum Gasteiger partial charge on any atom is -0.507 e. The number of hydrogen-bond donors (Lipinski definition) is 2. The third-order valence-electron chi connectivity index (χ3n) is 6.30. The maximum atomic E-state index is 13.0. The Balaban J connectivity index is 1.27. The third kappa shape index (κ3) is 4.13. The summed E-state index contributed by atoms with van der Waals surface area (Å²) in [4.78, 5) is 15.0. The lowest BCUT2D eigenvalue weighted by atomic mass is 9.84. The van der Waals surface area contributed by atoms with E-state index in [4.69, 9.17) is 5.26 Å². The number of nitriles is 1. The van der Waals surface area contributed by atoms with Gasteiger partial charge in [-0.15, -0.1) is 0 Å². The predicted octanol–water partition coefficient (Wildman–Crippen LogP) is 2.23. The van der Waals surface area contributed by atoms with Gasteiger partial charge in [0.05, 0.1) is 24.0 Å². The lowest BCUT2D eigenvalue weighted by Crippen LogP contribution is -2.43. The van der Waals surface area contributed by atoms with Crippen molar-refractivity contribution in [2.45, 2.75) is 51.2 Å². The van der Waals surface area contributed by atoms with Crippen molar-refractivity contribution in [3.8, 4) is 11.8 Å². The van der Waals surface area contributed by atoms with Crippen LogP contribution >= 0.6 is 0 Å². The fourth-order valence-electron chi connectivity index (χ4n) is 4.47. The molecule has 1 aliphatic heterocycles. The van der Waals surface area contributed by atoms with Crippen molar-refractivity contribution >= 4 is 5.91 Å². The molecule has 0 atom stereocenters. The van der Waals surface area contributed by atoms with Gasteiger partial charge in [-0.25, -0.2) is 0 Å². The Morgan fingerprint density at radius 2 is 2.14 bits per heavy atom. The van der Waals surface area contributed by atoms with Crippen molar-refractivity contribution < 1.29 is 9.90 Å². The standard InChI is InChI=1S/C22H27N5O2/c1-26-20-14-27(9-8-17(20)13-25-26)22(29)16-3-5-19(6-4-16)24-12-15-2-7-21(28)18(10-15)11-23/h2,7,10,13,16,19,24,28H,3-6,8-9,12,14H2,1H3. The minimum absolute atomic E-state index is 0.0197. The van der Waals surface area contributed by atoms with Crippen molar-refractivity contribution in [2.75, 3.05) is 6.54 Å². The Labute approximate surface area is 170 Å². The molecule has 1 aromatic carbocycles. The summed E-state index contributed by atoms with van der Waals surface area (Å²) in [5.41, 5.74) is 3.71. The SMILES string of the molecule is Cn1ncc2c1CN(C(=O)C1CCC(NCc3ccc(O)c(C#N)c3)CC1)CC2. The molecule has 4 rings (SSSR count). The average molecular weight is 393 g/mol. The number of carbonyl (C=O) groups excluding carboxylic acids is 1. The van der Waals surface area contributed by atoms with Crippen molar-refractivity contribution in [2.24, 2.45) is 13.0 Å². The second kappa shape index (κ2) is 8.26. The zero-order chi connectivity index (χ0) is 20.4. The van der Waals surface area contributed by atoms with Gasteiger partial charge >= 0.3 is 0 Å². The van der Waals surface area contributed by atoms with Crippen LogP contribution < -0.4 is 5.32 Å². The van der Waals surface area contributed by atoms with Gasteiger partial charge in [-0.2, -0.15) is 10.4 Å².